The number of hydrogen-bond acceptors (Lipinski definition) is 3. The molecule has 0 radical (unpaired) electrons. The van der Waals surface area contributed by atoms with Gasteiger partial charge >= 0.3 is 0 Å². The van der Waals surface area contributed by atoms with Gasteiger partial charge in [-0.2, -0.15) is 0 Å². The largest absolute Gasteiger partial charge is 0.352 e. The first-order valence-corrected chi connectivity index (χ1v) is 14.9. The first-order chi connectivity index (χ1) is 18.5. The Labute approximate surface area is 232 Å². The molecule has 1 unspecified atom stereocenters. The van der Waals surface area contributed by atoms with Gasteiger partial charge in [0.1, 0.15) is 6.04 Å². The van der Waals surface area contributed by atoms with Crippen molar-refractivity contribution >= 4 is 23.6 Å². The molecule has 0 aromatic heterocycles. The van der Waals surface area contributed by atoms with E-state index in [1.807, 2.05) is 47.4 Å². The summed E-state index contributed by atoms with van der Waals surface area (Å²) in [7, 11) is 0. The smallest absolute Gasteiger partial charge is 0.243 e. The topological polar surface area (TPSA) is 49.4 Å². The maximum atomic E-state index is 13.9. The van der Waals surface area contributed by atoms with Gasteiger partial charge < -0.3 is 10.2 Å². The summed E-state index contributed by atoms with van der Waals surface area (Å²) in [5.74, 6) is 0.663. The van der Waals surface area contributed by atoms with Crippen molar-refractivity contribution in [1.29, 1.82) is 0 Å². The molecule has 2 amide bonds. The summed E-state index contributed by atoms with van der Waals surface area (Å²) in [6.07, 6.45) is 6.45. The minimum absolute atomic E-state index is 0.0209. The van der Waals surface area contributed by atoms with Crippen LogP contribution in [-0.2, 0) is 22.6 Å². The highest BCUT2D eigenvalue weighted by molar-refractivity contribution is 7.99. The van der Waals surface area contributed by atoms with Gasteiger partial charge in [-0.05, 0) is 55.5 Å². The van der Waals surface area contributed by atoms with E-state index >= 15 is 0 Å². The van der Waals surface area contributed by atoms with Gasteiger partial charge in [0.2, 0.25) is 11.8 Å². The van der Waals surface area contributed by atoms with Crippen molar-refractivity contribution in [2.45, 2.75) is 82.3 Å². The van der Waals surface area contributed by atoms with Crippen LogP contribution in [0, 0.1) is 13.8 Å². The number of carbonyl (C=O) groups is 2. The van der Waals surface area contributed by atoms with E-state index in [1.165, 1.54) is 12.0 Å². The molecular formula is C33H40N2O2S. The summed E-state index contributed by atoms with van der Waals surface area (Å²) < 4.78 is 0. The first kappa shape index (κ1) is 28.0. The molecule has 4 nitrogen and oxygen atoms in total. The molecule has 1 aliphatic rings. The van der Waals surface area contributed by atoms with Gasteiger partial charge in [-0.1, -0.05) is 91.6 Å². The van der Waals surface area contributed by atoms with Crippen LogP contribution in [0.25, 0.3) is 0 Å². The number of carbonyl (C=O) groups excluding carboxylic acids is 2. The Morgan fingerprint density at radius 1 is 0.895 bits per heavy atom. The summed E-state index contributed by atoms with van der Waals surface area (Å²) in [5.41, 5.74) is 4.50. The van der Waals surface area contributed by atoms with Gasteiger partial charge in [-0.25, -0.2) is 0 Å². The predicted octanol–water partition coefficient (Wildman–Crippen LogP) is 6.87. The molecule has 1 saturated carbocycles. The van der Waals surface area contributed by atoms with Crippen LogP contribution >= 0.6 is 11.8 Å². The van der Waals surface area contributed by atoms with Crippen molar-refractivity contribution in [2.75, 3.05) is 5.75 Å². The van der Waals surface area contributed by atoms with E-state index in [9.17, 15) is 9.59 Å². The first-order valence-electron chi connectivity index (χ1n) is 13.9. The molecule has 0 spiro atoms. The quantitative estimate of drug-likeness (QED) is 0.276. The number of hydrogen-bond donors (Lipinski definition) is 1. The van der Waals surface area contributed by atoms with E-state index in [-0.39, 0.29) is 17.9 Å². The second-order valence-electron chi connectivity index (χ2n) is 10.4. The number of amides is 2. The van der Waals surface area contributed by atoms with Crippen LogP contribution in [0.4, 0.5) is 0 Å². The number of nitrogens with zero attached hydrogens (tertiary/aromatic N) is 1. The van der Waals surface area contributed by atoms with Crippen LogP contribution in [0.5, 0.6) is 0 Å². The van der Waals surface area contributed by atoms with Gasteiger partial charge in [0.05, 0.1) is 0 Å². The zero-order valence-corrected chi connectivity index (χ0v) is 23.5. The van der Waals surface area contributed by atoms with Gasteiger partial charge in [0.25, 0.3) is 0 Å². The summed E-state index contributed by atoms with van der Waals surface area (Å²) in [6.45, 7) is 4.57. The van der Waals surface area contributed by atoms with E-state index in [0.717, 1.165) is 47.3 Å². The lowest BCUT2D eigenvalue weighted by molar-refractivity contribution is -0.141. The second-order valence-corrected chi connectivity index (χ2v) is 11.6. The third-order valence-corrected chi connectivity index (χ3v) is 8.44. The average molecular weight is 529 g/mol. The number of thioether (sulfide) groups is 1. The molecule has 1 atom stereocenters. The van der Waals surface area contributed by atoms with E-state index in [1.54, 1.807) is 11.8 Å². The lowest BCUT2D eigenvalue weighted by Gasteiger charge is -2.34. The van der Waals surface area contributed by atoms with Gasteiger partial charge in [-0.15, -0.1) is 11.8 Å². The zero-order chi connectivity index (χ0) is 26.7. The molecule has 0 aliphatic heterocycles. The minimum atomic E-state index is -0.559. The van der Waals surface area contributed by atoms with Crippen molar-refractivity contribution < 1.29 is 9.59 Å². The monoisotopic (exact) mass is 528 g/mol. The number of nitrogens with one attached hydrogen (secondary N) is 1. The number of benzene rings is 3. The van der Waals surface area contributed by atoms with Crippen LogP contribution in [0.2, 0.25) is 0 Å². The third-order valence-electron chi connectivity index (χ3n) is 7.43. The van der Waals surface area contributed by atoms with Crippen LogP contribution in [0.3, 0.4) is 0 Å². The fourth-order valence-corrected chi connectivity index (χ4v) is 5.94. The molecule has 3 aromatic carbocycles. The minimum Gasteiger partial charge on any atom is -0.352 e. The van der Waals surface area contributed by atoms with Crippen LogP contribution in [-0.4, -0.2) is 34.6 Å². The Kier molecular flexibility index (Phi) is 10.5. The van der Waals surface area contributed by atoms with Crippen LogP contribution in [0.1, 0.15) is 60.8 Å². The lowest BCUT2D eigenvalue weighted by atomic mass is 9.94. The molecule has 3 aromatic rings. The standard InChI is InChI=1S/C33H40N2O2S/c1-25-17-19-30(20-18-25)38-22-21-32(36)35(24-28-14-10-9-11-26(28)2)31(23-27-12-5-3-6-13-27)33(37)34-29-15-7-4-8-16-29/h3,5-6,9-14,17-20,29,31H,4,7-8,15-16,21-24H2,1-2H3,(H,34,37). The Balaban J connectivity index is 1.56. The second kappa shape index (κ2) is 14.2. The highest BCUT2D eigenvalue weighted by Gasteiger charge is 2.32. The van der Waals surface area contributed by atoms with Crippen molar-refractivity contribution in [3.63, 3.8) is 0 Å². The molecule has 0 heterocycles. The summed E-state index contributed by atoms with van der Waals surface area (Å²) in [6, 6.07) is 26.3. The maximum absolute atomic E-state index is 13.9. The van der Waals surface area contributed by atoms with E-state index in [4.69, 9.17) is 0 Å². The number of rotatable bonds is 11. The molecule has 200 valence electrons. The van der Waals surface area contributed by atoms with E-state index in [2.05, 4.69) is 55.6 Å². The average Bonchev–Trinajstić information content (AvgIpc) is 2.93. The van der Waals surface area contributed by atoms with Crippen LogP contribution in [0.15, 0.2) is 83.8 Å². The Morgan fingerprint density at radius 2 is 1.58 bits per heavy atom. The van der Waals surface area contributed by atoms with Crippen LogP contribution < -0.4 is 5.32 Å². The summed E-state index contributed by atoms with van der Waals surface area (Å²) >= 11 is 1.69. The summed E-state index contributed by atoms with van der Waals surface area (Å²) in [5, 5.41) is 3.32. The van der Waals surface area contributed by atoms with Crippen molar-refractivity contribution in [2.24, 2.45) is 0 Å². The SMILES string of the molecule is Cc1ccc(SCCC(=O)N(Cc2ccccc2C)C(Cc2ccccc2)C(=O)NC2CCCCC2)cc1. The Hall–Kier alpha value is -3.05. The summed E-state index contributed by atoms with van der Waals surface area (Å²) in [4.78, 5) is 30.7. The molecular weight excluding hydrogens is 488 g/mol. The molecule has 4 rings (SSSR count). The molecule has 0 saturated heterocycles. The molecule has 5 heteroatoms. The lowest BCUT2D eigenvalue weighted by Crippen LogP contribution is -2.53. The molecule has 38 heavy (non-hydrogen) atoms. The number of aryl methyl sites for hydroxylation is 2. The van der Waals surface area contributed by atoms with Crippen molar-refractivity contribution in [3.05, 3.63) is 101 Å². The highest BCUT2D eigenvalue weighted by Crippen LogP contribution is 2.23. The Morgan fingerprint density at radius 3 is 2.29 bits per heavy atom. The van der Waals surface area contributed by atoms with E-state index in [0.29, 0.717) is 25.1 Å². The Bertz CT molecular complexity index is 1170. The van der Waals surface area contributed by atoms with Crippen molar-refractivity contribution in [1.82, 2.24) is 10.2 Å². The maximum Gasteiger partial charge on any atom is 0.243 e. The molecule has 1 N–H and O–H groups in total. The molecule has 0 bridgehead atoms. The molecule has 1 fully saturated rings. The fourth-order valence-electron chi connectivity index (χ4n) is 5.10. The third kappa shape index (κ3) is 8.22. The van der Waals surface area contributed by atoms with Crippen molar-refractivity contribution in [3.8, 4) is 0 Å². The van der Waals surface area contributed by atoms with Gasteiger partial charge in [-0.3, -0.25) is 9.59 Å². The highest BCUT2D eigenvalue weighted by atomic mass is 32.2. The zero-order valence-electron chi connectivity index (χ0n) is 22.7. The fraction of sp³-hybridized carbons (Fsp3) is 0.394. The molecule has 1 aliphatic carbocycles. The van der Waals surface area contributed by atoms with E-state index < -0.39 is 6.04 Å². The van der Waals surface area contributed by atoms with Gasteiger partial charge in [0, 0.05) is 36.1 Å². The van der Waals surface area contributed by atoms with Gasteiger partial charge in [0.15, 0.2) is 0 Å². The normalized spacial score (nSPS) is 14.6. The predicted molar refractivity (Wildman–Crippen MR) is 157 cm³/mol.